The van der Waals surface area contributed by atoms with Gasteiger partial charge in [-0.2, -0.15) is 0 Å². The summed E-state index contributed by atoms with van der Waals surface area (Å²) in [5.74, 6) is 1.26. The molecular formula is C13H16N2O3. The Morgan fingerprint density at radius 2 is 2.06 bits per heavy atom. The van der Waals surface area contributed by atoms with E-state index in [9.17, 15) is 5.11 Å². The highest BCUT2D eigenvalue weighted by Crippen LogP contribution is 2.30. The lowest BCUT2D eigenvalue weighted by molar-refractivity contribution is 0.156. The Balaban J connectivity index is 2.17. The van der Waals surface area contributed by atoms with Crippen molar-refractivity contribution in [3.63, 3.8) is 0 Å². The molecule has 0 aliphatic rings. The molecule has 5 heteroatoms. The maximum absolute atomic E-state index is 10.1. The smallest absolute Gasteiger partial charge is 0.161 e. The lowest BCUT2D eigenvalue weighted by Gasteiger charge is -2.14. The molecule has 5 nitrogen and oxygen atoms in total. The zero-order chi connectivity index (χ0) is 13.0. The summed E-state index contributed by atoms with van der Waals surface area (Å²) in [5, 5.41) is 10.1. The second-order valence-electron chi connectivity index (χ2n) is 3.89. The van der Waals surface area contributed by atoms with E-state index in [2.05, 4.69) is 4.98 Å². The fourth-order valence-electron chi connectivity index (χ4n) is 1.76. The van der Waals surface area contributed by atoms with E-state index in [1.54, 1.807) is 38.9 Å². The number of nitrogens with zero attached hydrogens (tertiary/aromatic N) is 2. The molecule has 0 aliphatic carbocycles. The number of hydrogen-bond donors (Lipinski definition) is 1. The van der Waals surface area contributed by atoms with Crippen molar-refractivity contribution < 1.29 is 14.6 Å². The lowest BCUT2D eigenvalue weighted by atomic mass is 10.1. The topological polar surface area (TPSA) is 56.5 Å². The fraction of sp³-hybridized carbons (Fsp3) is 0.308. The van der Waals surface area contributed by atoms with Gasteiger partial charge in [0.1, 0.15) is 0 Å². The quantitative estimate of drug-likeness (QED) is 0.873. The van der Waals surface area contributed by atoms with Gasteiger partial charge in [0.15, 0.2) is 11.5 Å². The van der Waals surface area contributed by atoms with Gasteiger partial charge in [-0.25, -0.2) is 4.98 Å². The van der Waals surface area contributed by atoms with Gasteiger partial charge in [0, 0.05) is 12.4 Å². The van der Waals surface area contributed by atoms with Crippen LogP contribution >= 0.6 is 0 Å². The number of aliphatic hydroxyl groups is 1. The Bertz CT molecular complexity index is 497. The molecule has 96 valence electrons. The molecule has 1 atom stereocenters. The molecule has 1 N–H and O–H groups in total. The Kier molecular flexibility index (Phi) is 3.84. The second-order valence-corrected chi connectivity index (χ2v) is 3.89. The van der Waals surface area contributed by atoms with Crippen LogP contribution in [0.25, 0.3) is 0 Å². The molecule has 0 aliphatic heterocycles. The lowest BCUT2D eigenvalue weighted by Crippen LogP contribution is -2.07. The van der Waals surface area contributed by atoms with Gasteiger partial charge < -0.3 is 19.1 Å². The van der Waals surface area contributed by atoms with Crippen molar-refractivity contribution in [3.05, 3.63) is 42.5 Å². The van der Waals surface area contributed by atoms with Crippen LogP contribution in [0.2, 0.25) is 0 Å². The molecule has 0 bridgehead atoms. The first-order valence-electron chi connectivity index (χ1n) is 5.60. The summed E-state index contributed by atoms with van der Waals surface area (Å²) in [6.07, 6.45) is 4.55. The van der Waals surface area contributed by atoms with Crippen LogP contribution in [-0.2, 0) is 6.54 Å². The van der Waals surface area contributed by atoms with Crippen molar-refractivity contribution in [2.45, 2.75) is 12.6 Å². The van der Waals surface area contributed by atoms with Gasteiger partial charge in [-0.15, -0.1) is 0 Å². The molecule has 0 saturated heterocycles. The Morgan fingerprint density at radius 1 is 1.28 bits per heavy atom. The minimum absolute atomic E-state index is 0.454. The van der Waals surface area contributed by atoms with E-state index >= 15 is 0 Å². The van der Waals surface area contributed by atoms with Gasteiger partial charge in [-0.05, 0) is 17.7 Å². The molecule has 18 heavy (non-hydrogen) atoms. The van der Waals surface area contributed by atoms with E-state index < -0.39 is 6.10 Å². The third-order valence-electron chi connectivity index (χ3n) is 2.74. The first-order valence-corrected chi connectivity index (χ1v) is 5.60. The summed E-state index contributed by atoms with van der Waals surface area (Å²) in [4.78, 5) is 3.94. The van der Waals surface area contributed by atoms with Crippen molar-refractivity contribution in [3.8, 4) is 11.5 Å². The standard InChI is InChI=1S/C13H16N2O3/c1-17-12-4-3-10(7-13(12)18-2)11(16)8-15-6-5-14-9-15/h3-7,9,11,16H,8H2,1-2H3. The van der Waals surface area contributed by atoms with Crippen LogP contribution in [0.1, 0.15) is 11.7 Å². The Morgan fingerprint density at radius 3 is 2.67 bits per heavy atom. The van der Waals surface area contributed by atoms with Gasteiger partial charge >= 0.3 is 0 Å². The van der Waals surface area contributed by atoms with Crippen LogP contribution in [0.5, 0.6) is 11.5 Å². The number of methoxy groups -OCH3 is 2. The van der Waals surface area contributed by atoms with E-state index in [-0.39, 0.29) is 0 Å². The van der Waals surface area contributed by atoms with E-state index in [1.165, 1.54) is 0 Å². The summed E-state index contributed by atoms with van der Waals surface area (Å²) >= 11 is 0. The summed E-state index contributed by atoms with van der Waals surface area (Å²) in [6.45, 7) is 0.454. The molecule has 1 unspecified atom stereocenters. The van der Waals surface area contributed by atoms with Crippen LogP contribution in [0.15, 0.2) is 36.9 Å². The molecule has 1 heterocycles. The predicted molar refractivity (Wildman–Crippen MR) is 66.7 cm³/mol. The summed E-state index contributed by atoms with van der Waals surface area (Å²) in [5.41, 5.74) is 0.779. The minimum atomic E-state index is -0.612. The highest BCUT2D eigenvalue weighted by molar-refractivity contribution is 5.43. The van der Waals surface area contributed by atoms with Crippen molar-refractivity contribution in [2.24, 2.45) is 0 Å². The average molecular weight is 248 g/mol. The zero-order valence-corrected chi connectivity index (χ0v) is 10.4. The molecule has 0 fully saturated rings. The first-order chi connectivity index (χ1) is 8.74. The van der Waals surface area contributed by atoms with Crippen LogP contribution in [0, 0.1) is 0 Å². The second kappa shape index (κ2) is 5.55. The minimum Gasteiger partial charge on any atom is -0.493 e. The molecule has 0 radical (unpaired) electrons. The largest absolute Gasteiger partial charge is 0.493 e. The van der Waals surface area contributed by atoms with Gasteiger partial charge in [0.25, 0.3) is 0 Å². The Labute approximate surface area is 106 Å². The van der Waals surface area contributed by atoms with E-state index in [0.717, 1.165) is 5.56 Å². The van der Waals surface area contributed by atoms with E-state index in [1.807, 2.05) is 16.8 Å². The average Bonchev–Trinajstić information content (AvgIpc) is 2.90. The van der Waals surface area contributed by atoms with E-state index in [4.69, 9.17) is 9.47 Å². The van der Waals surface area contributed by atoms with Gasteiger partial charge in [0.05, 0.1) is 33.2 Å². The number of rotatable bonds is 5. The highest BCUT2D eigenvalue weighted by Gasteiger charge is 2.12. The molecule has 2 rings (SSSR count). The zero-order valence-electron chi connectivity index (χ0n) is 10.4. The molecular weight excluding hydrogens is 232 g/mol. The van der Waals surface area contributed by atoms with Crippen LogP contribution in [0.4, 0.5) is 0 Å². The van der Waals surface area contributed by atoms with Crippen molar-refractivity contribution >= 4 is 0 Å². The summed E-state index contributed by atoms with van der Waals surface area (Å²) in [6, 6.07) is 5.38. The normalized spacial score (nSPS) is 12.2. The summed E-state index contributed by atoms with van der Waals surface area (Å²) < 4.78 is 12.2. The monoisotopic (exact) mass is 248 g/mol. The molecule has 1 aromatic heterocycles. The number of ether oxygens (including phenoxy) is 2. The molecule has 1 aromatic carbocycles. The van der Waals surface area contributed by atoms with Crippen LogP contribution in [0.3, 0.4) is 0 Å². The fourth-order valence-corrected chi connectivity index (χ4v) is 1.76. The van der Waals surface area contributed by atoms with Crippen molar-refractivity contribution in [1.29, 1.82) is 0 Å². The number of benzene rings is 1. The number of imidazole rings is 1. The SMILES string of the molecule is COc1ccc(C(O)Cn2ccnc2)cc1OC. The van der Waals surface area contributed by atoms with Gasteiger partial charge in [-0.3, -0.25) is 0 Å². The number of aliphatic hydroxyl groups excluding tert-OH is 1. The third kappa shape index (κ3) is 2.62. The summed E-state index contributed by atoms with van der Waals surface area (Å²) in [7, 11) is 3.16. The van der Waals surface area contributed by atoms with E-state index in [0.29, 0.717) is 18.0 Å². The molecule has 0 spiro atoms. The Hall–Kier alpha value is -2.01. The number of hydrogen-bond acceptors (Lipinski definition) is 4. The van der Waals surface area contributed by atoms with Crippen molar-refractivity contribution in [1.82, 2.24) is 9.55 Å². The maximum atomic E-state index is 10.1. The molecule has 0 amide bonds. The van der Waals surface area contributed by atoms with Gasteiger partial charge in [-0.1, -0.05) is 6.07 Å². The first kappa shape index (κ1) is 12.4. The van der Waals surface area contributed by atoms with Crippen molar-refractivity contribution in [2.75, 3.05) is 14.2 Å². The molecule has 2 aromatic rings. The highest BCUT2D eigenvalue weighted by atomic mass is 16.5. The maximum Gasteiger partial charge on any atom is 0.161 e. The third-order valence-corrected chi connectivity index (χ3v) is 2.74. The van der Waals surface area contributed by atoms with Gasteiger partial charge in [0.2, 0.25) is 0 Å². The number of aromatic nitrogens is 2. The van der Waals surface area contributed by atoms with Crippen LogP contribution in [-0.4, -0.2) is 28.9 Å². The predicted octanol–water partition coefficient (Wildman–Crippen LogP) is 1.63. The molecule has 0 saturated carbocycles. The van der Waals surface area contributed by atoms with Crippen LogP contribution < -0.4 is 9.47 Å².